The van der Waals surface area contributed by atoms with E-state index in [-0.39, 0.29) is 28.6 Å². The van der Waals surface area contributed by atoms with E-state index in [9.17, 15) is 10.2 Å². The quantitative estimate of drug-likeness (QED) is 0.404. The molecule has 0 unspecified atom stereocenters. The van der Waals surface area contributed by atoms with Crippen LogP contribution in [0.4, 0.5) is 0 Å². The summed E-state index contributed by atoms with van der Waals surface area (Å²) in [5, 5.41) is 25.0. The monoisotopic (exact) mass is 419 g/mol. The molecule has 4 rings (SSSR count). The van der Waals surface area contributed by atoms with Crippen molar-refractivity contribution in [2.45, 2.75) is 0 Å². The third-order valence-corrected chi connectivity index (χ3v) is 4.02. The van der Waals surface area contributed by atoms with Gasteiger partial charge in [-0.3, -0.25) is 9.97 Å². The molecule has 2 aromatic heterocycles. The van der Waals surface area contributed by atoms with Crippen LogP contribution in [0, 0.1) is 0 Å². The minimum Gasteiger partial charge on any atom is -0.871 e. The fraction of sp³-hybridized carbons (Fsp3) is 0. The smallest absolute Gasteiger partial charge is 0.871 e. The molecule has 0 aliphatic rings. The van der Waals surface area contributed by atoms with Crippen LogP contribution in [0.25, 0.3) is 21.8 Å². The number of nitrogens with zero attached hydrogens (tertiary/aromatic N) is 2. The topological polar surface area (TPSA) is 71.9 Å². The molecule has 1 radical (unpaired) electrons. The molecule has 25 heavy (non-hydrogen) atoms. The number of hydrogen-bond donors (Lipinski definition) is 0. The van der Waals surface area contributed by atoms with Gasteiger partial charge >= 0.3 is 17.1 Å². The fourth-order valence-corrected chi connectivity index (χ4v) is 2.65. The van der Waals surface area contributed by atoms with Crippen molar-refractivity contribution in [3.05, 3.63) is 71.0 Å². The SMILES string of the molecule is [Cu+2].[O-]c1ccc(Cl)c2cccnc12.[O-]c1ccc(Cl)c2cccnc12. The first kappa shape index (κ1) is 19.3. The molecule has 0 aliphatic carbocycles. The van der Waals surface area contributed by atoms with Crippen LogP contribution in [0.5, 0.6) is 11.5 Å². The number of pyridine rings is 2. The normalized spacial score (nSPS) is 10.0. The van der Waals surface area contributed by atoms with Gasteiger partial charge in [-0.2, -0.15) is 0 Å². The van der Waals surface area contributed by atoms with E-state index in [1.54, 1.807) is 48.8 Å². The van der Waals surface area contributed by atoms with Crippen molar-refractivity contribution < 1.29 is 27.3 Å². The molecule has 0 aliphatic heterocycles. The molecular formula is C18H10Cl2CuN2O2. The van der Waals surface area contributed by atoms with Gasteiger partial charge in [-0.25, -0.2) is 0 Å². The Morgan fingerprint density at radius 2 is 1.04 bits per heavy atom. The average molecular weight is 421 g/mol. The van der Waals surface area contributed by atoms with Gasteiger partial charge in [0.25, 0.3) is 0 Å². The zero-order valence-electron chi connectivity index (χ0n) is 12.5. The van der Waals surface area contributed by atoms with Gasteiger partial charge in [0.05, 0.1) is 11.0 Å². The number of halogens is 2. The first-order valence-electron chi connectivity index (χ1n) is 6.98. The van der Waals surface area contributed by atoms with E-state index in [0.717, 1.165) is 0 Å². The summed E-state index contributed by atoms with van der Waals surface area (Å²) in [6.07, 6.45) is 3.17. The van der Waals surface area contributed by atoms with Crippen LogP contribution in [-0.2, 0) is 17.1 Å². The van der Waals surface area contributed by atoms with E-state index in [4.69, 9.17) is 23.2 Å². The van der Waals surface area contributed by atoms with E-state index in [2.05, 4.69) is 9.97 Å². The van der Waals surface area contributed by atoms with E-state index in [0.29, 0.717) is 31.9 Å². The largest absolute Gasteiger partial charge is 2.00 e. The molecule has 2 aromatic carbocycles. The Morgan fingerprint density at radius 3 is 1.40 bits per heavy atom. The summed E-state index contributed by atoms with van der Waals surface area (Å²) in [6.45, 7) is 0. The number of benzene rings is 2. The van der Waals surface area contributed by atoms with Gasteiger partial charge in [-0.1, -0.05) is 46.8 Å². The zero-order chi connectivity index (χ0) is 17.1. The molecule has 129 valence electrons. The minimum absolute atomic E-state index is 0. The molecule has 0 spiro atoms. The molecule has 4 aromatic rings. The van der Waals surface area contributed by atoms with Gasteiger partial charge in [0, 0.05) is 33.2 Å². The third kappa shape index (κ3) is 4.14. The Bertz CT molecular complexity index is 864. The van der Waals surface area contributed by atoms with E-state index >= 15 is 0 Å². The van der Waals surface area contributed by atoms with Gasteiger partial charge in [0.2, 0.25) is 0 Å². The first-order chi connectivity index (χ1) is 11.6. The van der Waals surface area contributed by atoms with Crippen LogP contribution < -0.4 is 10.2 Å². The minimum atomic E-state index is -0.0880. The molecule has 0 atom stereocenters. The standard InChI is InChI=1S/2C9H6ClNO.Cu/c2*10-7-3-4-8(12)9-6(7)2-1-5-11-9;/h2*1-5,12H;/q;;+2/p-2. The second-order valence-electron chi connectivity index (χ2n) is 4.89. The maximum absolute atomic E-state index is 11.2. The molecule has 0 N–H and O–H groups in total. The van der Waals surface area contributed by atoms with Gasteiger partial charge in [0.15, 0.2) is 0 Å². The van der Waals surface area contributed by atoms with Crippen LogP contribution in [0.2, 0.25) is 10.0 Å². The molecule has 0 saturated carbocycles. The van der Waals surface area contributed by atoms with Crippen LogP contribution >= 0.6 is 23.2 Å². The molecule has 2 heterocycles. The Kier molecular flexibility index (Phi) is 6.45. The van der Waals surface area contributed by atoms with Crippen LogP contribution in [0.15, 0.2) is 60.9 Å². The van der Waals surface area contributed by atoms with Gasteiger partial charge < -0.3 is 10.2 Å². The number of fused-ring (bicyclic) bond motifs is 2. The number of aromatic nitrogens is 2. The average Bonchev–Trinajstić information content (AvgIpc) is 2.63. The Balaban J connectivity index is 0.000000173. The van der Waals surface area contributed by atoms with Crippen molar-refractivity contribution in [1.29, 1.82) is 0 Å². The Hall–Kier alpha value is -2.04. The maximum Gasteiger partial charge on any atom is 2.00 e. The first-order valence-corrected chi connectivity index (χ1v) is 7.74. The summed E-state index contributed by atoms with van der Waals surface area (Å²) in [5.74, 6) is -0.176. The molecular weight excluding hydrogens is 411 g/mol. The summed E-state index contributed by atoms with van der Waals surface area (Å²) in [5.41, 5.74) is 0.870. The Labute approximate surface area is 164 Å². The third-order valence-electron chi connectivity index (χ3n) is 3.36. The van der Waals surface area contributed by atoms with Crippen molar-refractivity contribution in [3.63, 3.8) is 0 Å². The van der Waals surface area contributed by atoms with Crippen molar-refractivity contribution in [2.75, 3.05) is 0 Å². The number of hydrogen-bond acceptors (Lipinski definition) is 4. The second kappa shape index (κ2) is 8.36. The molecule has 0 fully saturated rings. The molecule has 0 amide bonds. The zero-order valence-corrected chi connectivity index (χ0v) is 15.0. The van der Waals surface area contributed by atoms with Gasteiger partial charge in [-0.05, 0) is 36.4 Å². The molecule has 0 saturated heterocycles. The van der Waals surface area contributed by atoms with E-state index in [1.807, 2.05) is 0 Å². The number of rotatable bonds is 0. The van der Waals surface area contributed by atoms with Crippen molar-refractivity contribution in [3.8, 4) is 11.5 Å². The van der Waals surface area contributed by atoms with Crippen LogP contribution in [-0.4, -0.2) is 9.97 Å². The molecule has 4 nitrogen and oxygen atoms in total. The summed E-state index contributed by atoms with van der Waals surface area (Å²) < 4.78 is 0. The van der Waals surface area contributed by atoms with E-state index < -0.39 is 0 Å². The summed E-state index contributed by atoms with van der Waals surface area (Å²) >= 11 is 11.7. The predicted molar refractivity (Wildman–Crippen MR) is 92.4 cm³/mol. The van der Waals surface area contributed by atoms with Crippen molar-refractivity contribution in [2.24, 2.45) is 0 Å². The summed E-state index contributed by atoms with van der Waals surface area (Å²) in [4.78, 5) is 7.89. The molecule has 7 heteroatoms. The van der Waals surface area contributed by atoms with Crippen molar-refractivity contribution >= 4 is 45.0 Å². The molecule has 0 bridgehead atoms. The van der Waals surface area contributed by atoms with Crippen LogP contribution in [0.3, 0.4) is 0 Å². The van der Waals surface area contributed by atoms with Gasteiger partial charge in [-0.15, -0.1) is 0 Å². The summed E-state index contributed by atoms with van der Waals surface area (Å²) in [7, 11) is 0. The van der Waals surface area contributed by atoms with Crippen LogP contribution in [0.1, 0.15) is 0 Å². The van der Waals surface area contributed by atoms with Crippen molar-refractivity contribution in [1.82, 2.24) is 9.97 Å². The second-order valence-corrected chi connectivity index (χ2v) is 5.70. The maximum atomic E-state index is 11.2. The fourth-order valence-electron chi connectivity index (χ4n) is 2.22. The predicted octanol–water partition coefficient (Wildman–Crippen LogP) is 3.92. The van der Waals surface area contributed by atoms with E-state index in [1.165, 1.54) is 12.1 Å². The van der Waals surface area contributed by atoms with Gasteiger partial charge in [0.1, 0.15) is 0 Å². The summed E-state index contributed by atoms with van der Waals surface area (Å²) in [6, 6.07) is 13.1. The Morgan fingerprint density at radius 1 is 0.640 bits per heavy atom.